The number of halogens is 1. The van der Waals surface area contributed by atoms with Crippen LogP contribution in [0.3, 0.4) is 0 Å². The number of carbonyl (C=O) groups excluding carboxylic acids is 1. The highest BCUT2D eigenvalue weighted by atomic mass is 19.1. The first kappa shape index (κ1) is 20.7. The first-order valence-electron chi connectivity index (χ1n) is 9.57. The van der Waals surface area contributed by atoms with E-state index < -0.39 is 4.92 Å². The van der Waals surface area contributed by atoms with E-state index in [4.69, 9.17) is 0 Å². The van der Waals surface area contributed by atoms with Gasteiger partial charge in [0.15, 0.2) is 0 Å². The van der Waals surface area contributed by atoms with Gasteiger partial charge in [0.2, 0.25) is 0 Å². The summed E-state index contributed by atoms with van der Waals surface area (Å²) in [5.74, 6) is -0.446. The van der Waals surface area contributed by atoms with E-state index in [1.165, 1.54) is 18.2 Å². The Hall–Kier alpha value is -3.00. The SMILES string of the molecule is CN(C)c1ccc(C(=O)N2CCCN(Cc3ccc(F)cc3)CC2)cc1[N+](=O)[O-]. The van der Waals surface area contributed by atoms with Crippen molar-refractivity contribution in [2.45, 2.75) is 13.0 Å². The quantitative estimate of drug-likeness (QED) is 0.570. The van der Waals surface area contributed by atoms with Gasteiger partial charge in [0, 0.05) is 58.4 Å². The van der Waals surface area contributed by atoms with E-state index in [1.807, 2.05) is 0 Å². The molecule has 1 amide bonds. The van der Waals surface area contributed by atoms with Crippen LogP contribution in [0.1, 0.15) is 22.3 Å². The smallest absolute Gasteiger partial charge is 0.293 e. The Morgan fingerprint density at radius 1 is 1.10 bits per heavy atom. The number of amides is 1. The highest BCUT2D eigenvalue weighted by molar-refractivity contribution is 5.95. The molecule has 0 radical (unpaired) electrons. The van der Waals surface area contributed by atoms with E-state index in [0.29, 0.717) is 37.4 Å². The third kappa shape index (κ3) is 5.08. The summed E-state index contributed by atoms with van der Waals surface area (Å²) in [7, 11) is 3.46. The summed E-state index contributed by atoms with van der Waals surface area (Å²) < 4.78 is 13.1. The van der Waals surface area contributed by atoms with Crippen LogP contribution in [0.2, 0.25) is 0 Å². The molecular formula is C21H25FN4O3. The van der Waals surface area contributed by atoms with Crippen LogP contribution in [0, 0.1) is 15.9 Å². The van der Waals surface area contributed by atoms with E-state index in [0.717, 1.165) is 18.5 Å². The Bertz CT molecular complexity index is 886. The largest absolute Gasteiger partial charge is 0.372 e. The highest BCUT2D eigenvalue weighted by Crippen LogP contribution is 2.28. The van der Waals surface area contributed by atoms with Crippen LogP contribution in [-0.2, 0) is 6.54 Å². The van der Waals surface area contributed by atoms with Gasteiger partial charge < -0.3 is 9.80 Å². The molecule has 0 unspecified atom stereocenters. The van der Waals surface area contributed by atoms with Crippen LogP contribution < -0.4 is 4.90 Å². The zero-order valence-electron chi connectivity index (χ0n) is 16.7. The van der Waals surface area contributed by atoms with Gasteiger partial charge in [-0.2, -0.15) is 0 Å². The second-order valence-electron chi connectivity index (χ2n) is 7.40. The van der Waals surface area contributed by atoms with E-state index >= 15 is 0 Å². The van der Waals surface area contributed by atoms with Crippen LogP contribution in [0.5, 0.6) is 0 Å². The number of benzene rings is 2. The standard InChI is InChI=1S/C21H25FN4O3/c1-23(2)19-9-6-17(14-20(19)26(28)29)21(27)25-11-3-10-24(12-13-25)15-16-4-7-18(22)8-5-16/h4-9,14H,3,10-13,15H2,1-2H3. The summed E-state index contributed by atoms with van der Waals surface area (Å²) >= 11 is 0. The lowest BCUT2D eigenvalue weighted by atomic mass is 10.1. The van der Waals surface area contributed by atoms with E-state index in [-0.39, 0.29) is 17.4 Å². The van der Waals surface area contributed by atoms with Gasteiger partial charge in [0.1, 0.15) is 11.5 Å². The summed E-state index contributed by atoms with van der Waals surface area (Å²) in [4.78, 5) is 29.5. The van der Waals surface area contributed by atoms with Gasteiger partial charge in [0.05, 0.1) is 4.92 Å². The van der Waals surface area contributed by atoms with Crippen molar-refractivity contribution >= 4 is 17.3 Å². The molecule has 0 aliphatic carbocycles. The minimum Gasteiger partial charge on any atom is -0.372 e. The van der Waals surface area contributed by atoms with E-state index in [1.54, 1.807) is 48.2 Å². The molecule has 8 heteroatoms. The van der Waals surface area contributed by atoms with Crippen molar-refractivity contribution in [3.8, 4) is 0 Å². The van der Waals surface area contributed by atoms with Gasteiger partial charge in [-0.1, -0.05) is 12.1 Å². The van der Waals surface area contributed by atoms with Gasteiger partial charge in [-0.3, -0.25) is 19.8 Å². The molecule has 29 heavy (non-hydrogen) atoms. The minimum absolute atomic E-state index is 0.0754. The van der Waals surface area contributed by atoms with Gasteiger partial charge >= 0.3 is 0 Å². The molecule has 1 aliphatic rings. The summed E-state index contributed by atoms with van der Waals surface area (Å²) in [6.45, 7) is 3.37. The third-order valence-corrected chi connectivity index (χ3v) is 5.10. The minimum atomic E-state index is -0.459. The Morgan fingerprint density at radius 3 is 2.48 bits per heavy atom. The number of anilines is 1. The summed E-state index contributed by atoms with van der Waals surface area (Å²) in [6, 6.07) is 11.1. The van der Waals surface area contributed by atoms with Gasteiger partial charge in [0.25, 0.3) is 11.6 Å². The maximum absolute atomic E-state index is 13.1. The summed E-state index contributed by atoms with van der Waals surface area (Å²) in [5.41, 5.74) is 1.75. The third-order valence-electron chi connectivity index (χ3n) is 5.10. The van der Waals surface area contributed by atoms with Gasteiger partial charge in [-0.15, -0.1) is 0 Å². The average Bonchev–Trinajstić information content (AvgIpc) is 2.94. The van der Waals surface area contributed by atoms with Crippen LogP contribution in [0.25, 0.3) is 0 Å². The number of nitro groups is 1. The molecule has 3 rings (SSSR count). The zero-order chi connectivity index (χ0) is 21.0. The lowest BCUT2D eigenvalue weighted by molar-refractivity contribution is -0.384. The van der Waals surface area contributed by atoms with Crippen LogP contribution in [0.4, 0.5) is 15.8 Å². The molecule has 0 N–H and O–H groups in total. The van der Waals surface area contributed by atoms with Crippen molar-refractivity contribution in [1.82, 2.24) is 9.80 Å². The molecule has 1 saturated heterocycles. The molecule has 0 saturated carbocycles. The number of nitro benzene ring substituents is 1. The van der Waals surface area contributed by atoms with Gasteiger partial charge in [-0.05, 0) is 36.2 Å². The molecule has 154 valence electrons. The Balaban J connectivity index is 1.68. The number of nitrogens with zero attached hydrogens (tertiary/aromatic N) is 4. The van der Waals surface area contributed by atoms with Crippen molar-refractivity contribution in [3.63, 3.8) is 0 Å². The second kappa shape index (κ2) is 9.00. The van der Waals surface area contributed by atoms with Crippen LogP contribution >= 0.6 is 0 Å². The Kier molecular flexibility index (Phi) is 6.43. The number of hydrogen-bond donors (Lipinski definition) is 0. The maximum Gasteiger partial charge on any atom is 0.293 e. The molecule has 1 heterocycles. The maximum atomic E-state index is 13.1. The molecule has 0 spiro atoms. The summed E-state index contributed by atoms with van der Waals surface area (Å²) in [5, 5.41) is 11.4. The predicted octanol–water partition coefficient (Wildman–Crippen LogP) is 3.15. The van der Waals surface area contributed by atoms with E-state index in [9.17, 15) is 19.3 Å². The monoisotopic (exact) mass is 400 g/mol. The molecule has 2 aromatic carbocycles. The van der Waals surface area contributed by atoms with Crippen molar-refractivity contribution in [2.24, 2.45) is 0 Å². The first-order chi connectivity index (χ1) is 13.8. The second-order valence-corrected chi connectivity index (χ2v) is 7.40. The fourth-order valence-electron chi connectivity index (χ4n) is 3.54. The highest BCUT2D eigenvalue weighted by Gasteiger charge is 2.24. The fourth-order valence-corrected chi connectivity index (χ4v) is 3.54. The molecule has 7 nitrogen and oxygen atoms in total. The number of hydrogen-bond acceptors (Lipinski definition) is 5. The number of carbonyl (C=O) groups is 1. The predicted molar refractivity (Wildman–Crippen MR) is 110 cm³/mol. The Morgan fingerprint density at radius 2 is 1.83 bits per heavy atom. The number of rotatable bonds is 5. The molecular weight excluding hydrogens is 375 g/mol. The molecule has 1 fully saturated rings. The van der Waals surface area contributed by atoms with Crippen molar-refractivity contribution in [2.75, 3.05) is 45.2 Å². The van der Waals surface area contributed by atoms with Crippen molar-refractivity contribution in [3.05, 3.63) is 69.5 Å². The summed E-state index contributed by atoms with van der Waals surface area (Å²) in [6.07, 6.45) is 0.810. The van der Waals surface area contributed by atoms with E-state index in [2.05, 4.69) is 4.90 Å². The lowest BCUT2D eigenvalue weighted by Gasteiger charge is -2.22. The molecule has 0 bridgehead atoms. The van der Waals surface area contributed by atoms with Crippen molar-refractivity contribution in [1.29, 1.82) is 0 Å². The topological polar surface area (TPSA) is 69.9 Å². The Labute approximate surface area is 169 Å². The molecule has 1 aliphatic heterocycles. The molecule has 2 aromatic rings. The average molecular weight is 400 g/mol. The lowest BCUT2D eigenvalue weighted by Crippen LogP contribution is -2.35. The molecule has 0 aromatic heterocycles. The normalized spacial score (nSPS) is 15.1. The fraction of sp³-hybridized carbons (Fsp3) is 0.381. The first-order valence-corrected chi connectivity index (χ1v) is 9.57. The molecule has 0 atom stereocenters. The van der Waals surface area contributed by atoms with Gasteiger partial charge in [-0.25, -0.2) is 4.39 Å². The zero-order valence-corrected chi connectivity index (χ0v) is 16.7. The van der Waals surface area contributed by atoms with Crippen LogP contribution in [0.15, 0.2) is 42.5 Å². The van der Waals surface area contributed by atoms with Crippen LogP contribution in [-0.4, -0.2) is 60.9 Å². The van der Waals surface area contributed by atoms with Crippen molar-refractivity contribution < 1.29 is 14.1 Å².